The van der Waals surface area contributed by atoms with Crippen molar-refractivity contribution >= 4 is 67.9 Å². The first kappa shape index (κ1) is 20.4. The van der Waals surface area contributed by atoms with E-state index in [1.54, 1.807) is 12.1 Å². The standard InChI is InChI=1S/C19H13BrCl2N6O2/c1-8-2-3-9(20)4-14(8)28-7-24-15(17(23)29)16(28)18(30)27-19-25-12-5-10(21)11(22)6-13(12)26-19/h2-7H,1H3,(H2,23,29)(H2,25,26,27,30). The molecule has 4 N–H and O–H groups in total. The highest BCUT2D eigenvalue weighted by Gasteiger charge is 2.25. The van der Waals surface area contributed by atoms with E-state index in [0.717, 1.165) is 10.0 Å². The lowest BCUT2D eigenvalue weighted by Gasteiger charge is -2.12. The molecule has 0 aliphatic rings. The predicted molar refractivity (Wildman–Crippen MR) is 119 cm³/mol. The largest absolute Gasteiger partial charge is 0.364 e. The first-order valence-corrected chi connectivity index (χ1v) is 10.1. The molecule has 0 bridgehead atoms. The van der Waals surface area contributed by atoms with Gasteiger partial charge < -0.3 is 10.7 Å². The molecule has 11 heteroatoms. The van der Waals surface area contributed by atoms with Gasteiger partial charge in [-0.1, -0.05) is 45.2 Å². The number of anilines is 1. The molecule has 2 aromatic heterocycles. The molecule has 4 rings (SSSR count). The van der Waals surface area contributed by atoms with Crippen LogP contribution in [0.15, 0.2) is 41.1 Å². The minimum atomic E-state index is -0.824. The molecule has 0 aliphatic carbocycles. The quantitative estimate of drug-likeness (QED) is 0.377. The van der Waals surface area contributed by atoms with Crippen molar-refractivity contribution in [3.8, 4) is 5.69 Å². The van der Waals surface area contributed by atoms with Crippen molar-refractivity contribution in [2.45, 2.75) is 6.92 Å². The number of hydrogen-bond acceptors (Lipinski definition) is 4. The number of nitrogens with zero attached hydrogens (tertiary/aromatic N) is 3. The molecule has 0 spiro atoms. The molecule has 2 aromatic carbocycles. The summed E-state index contributed by atoms with van der Waals surface area (Å²) < 4.78 is 2.31. The fraction of sp³-hybridized carbons (Fsp3) is 0.0526. The molecule has 152 valence electrons. The van der Waals surface area contributed by atoms with Crippen molar-refractivity contribution in [3.63, 3.8) is 0 Å². The van der Waals surface area contributed by atoms with Crippen LogP contribution in [0.5, 0.6) is 0 Å². The molecule has 0 saturated carbocycles. The molecule has 0 unspecified atom stereocenters. The number of aryl methyl sites for hydroxylation is 1. The average molecular weight is 508 g/mol. The zero-order valence-corrected chi connectivity index (χ0v) is 18.4. The van der Waals surface area contributed by atoms with Crippen LogP contribution >= 0.6 is 39.1 Å². The number of rotatable bonds is 4. The molecule has 2 heterocycles. The van der Waals surface area contributed by atoms with Crippen LogP contribution in [-0.2, 0) is 0 Å². The van der Waals surface area contributed by atoms with Crippen molar-refractivity contribution in [2.75, 3.05) is 5.32 Å². The van der Waals surface area contributed by atoms with Gasteiger partial charge in [-0.2, -0.15) is 0 Å². The Morgan fingerprint density at radius 1 is 1.20 bits per heavy atom. The second-order valence-electron chi connectivity index (χ2n) is 6.43. The van der Waals surface area contributed by atoms with Crippen LogP contribution < -0.4 is 11.1 Å². The number of nitrogens with one attached hydrogen (secondary N) is 2. The molecular weight excluding hydrogens is 495 g/mol. The van der Waals surface area contributed by atoms with Gasteiger partial charge in [0.25, 0.3) is 11.8 Å². The first-order chi connectivity index (χ1) is 14.2. The number of imidazole rings is 2. The number of carbonyl (C=O) groups excluding carboxylic acids is 2. The summed E-state index contributed by atoms with van der Waals surface area (Å²) in [6.45, 7) is 1.88. The molecule has 0 atom stereocenters. The van der Waals surface area contributed by atoms with E-state index < -0.39 is 11.8 Å². The number of primary amides is 1. The normalized spacial score (nSPS) is 11.1. The molecule has 0 radical (unpaired) electrons. The molecular formula is C19H13BrCl2N6O2. The topological polar surface area (TPSA) is 119 Å². The van der Waals surface area contributed by atoms with Crippen molar-refractivity contribution < 1.29 is 9.59 Å². The SMILES string of the molecule is Cc1ccc(Br)cc1-n1cnc(C(N)=O)c1C(=O)Nc1nc2cc(Cl)c(Cl)cc2[nH]1. The zero-order chi connectivity index (χ0) is 21.6. The number of aromatic nitrogens is 4. The monoisotopic (exact) mass is 506 g/mol. The summed E-state index contributed by atoms with van der Waals surface area (Å²) in [7, 11) is 0. The summed E-state index contributed by atoms with van der Waals surface area (Å²) >= 11 is 15.5. The van der Waals surface area contributed by atoms with Gasteiger partial charge in [0.1, 0.15) is 12.0 Å². The van der Waals surface area contributed by atoms with Gasteiger partial charge in [-0.3, -0.25) is 19.5 Å². The number of amides is 2. The van der Waals surface area contributed by atoms with Gasteiger partial charge in [-0.25, -0.2) is 9.97 Å². The Bertz CT molecular complexity index is 1290. The van der Waals surface area contributed by atoms with Crippen molar-refractivity contribution in [1.82, 2.24) is 19.5 Å². The van der Waals surface area contributed by atoms with E-state index in [-0.39, 0.29) is 17.3 Å². The van der Waals surface area contributed by atoms with Crippen LogP contribution in [-0.4, -0.2) is 31.3 Å². The molecule has 0 saturated heterocycles. The third kappa shape index (κ3) is 3.67. The van der Waals surface area contributed by atoms with Gasteiger partial charge in [0.05, 0.1) is 26.8 Å². The first-order valence-electron chi connectivity index (χ1n) is 8.54. The van der Waals surface area contributed by atoms with E-state index in [9.17, 15) is 9.59 Å². The fourth-order valence-electron chi connectivity index (χ4n) is 3.00. The number of benzene rings is 2. The lowest BCUT2D eigenvalue weighted by molar-refractivity contribution is 0.0970. The Morgan fingerprint density at radius 3 is 2.67 bits per heavy atom. The Kier molecular flexibility index (Phi) is 5.27. The number of carbonyl (C=O) groups is 2. The van der Waals surface area contributed by atoms with E-state index >= 15 is 0 Å². The highest BCUT2D eigenvalue weighted by molar-refractivity contribution is 9.10. The van der Waals surface area contributed by atoms with Crippen LogP contribution in [0, 0.1) is 6.92 Å². The molecule has 2 amide bonds. The summed E-state index contributed by atoms with van der Waals surface area (Å²) in [6, 6.07) is 8.73. The van der Waals surface area contributed by atoms with Crippen LogP contribution in [0.4, 0.5) is 5.95 Å². The van der Waals surface area contributed by atoms with E-state index in [0.29, 0.717) is 26.8 Å². The Labute approximate surface area is 188 Å². The van der Waals surface area contributed by atoms with E-state index in [1.807, 2.05) is 25.1 Å². The zero-order valence-electron chi connectivity index (χ0n) is 15.3. The summed E-state index contributed by atoms with van der Waals surface area (Å²) in [6.07, 6.45) is 1.38. The van der Waals surface area contributed by atoms with Gasteiger partial charge in [-0.15, -0.1) is 0 Å². The number of hydrogen-bond donors (Lipinski definition) is 3. The van der Waals surface area contributed by atoms with Crippen LogP contribution in [0.25, 0.3) is 16.7 Å². The van der Waals surface area contributed by atoms with E-state index in [4.69, 9.17) is 28.9 Å². The number of halogens is 3. The lowest BCUT2D eigenvalue weighted by atomic mass is 10.2. The maximum Gasteiger partial charge on any atom is 0.277 e. The van der Waals surface area contributed by atoms with E-state index in [2.05, 4.69) is 36.2 Å². The maximum absolute atomic E-state index is 13.1. The minimum Gasteiger partial charge on any atom is -0.364 e. The second-order valence-corrected chi connectivity index (χ2v) is 8.16. The van der Waals surface area contributed by atoms with Gasteiger partial charge in [-0.05, 0) is 36.8 Å². The Hall–Kier alpha value is -2.88. The highest BCUT2D eigenvalue weighted by Crippen LogP contribution is 2.28. The molecule has 0 aliphatic heterocycles. The summed E-state index contributed by atoms with van der Waals surface area (Å²) in [5, 5.41) is 3.33. The molecule has 8 nitrogen and oxygen atoms in total. The van der Waals surface area contributed by atoms with Crippen molar-refractivity contribution in [2.24, 2.45) is 5.73 Å². The summed E-state index contributed by atoms with van der Waals surface area (Å²) in [5.74, 6) is -1.28. The molecule has 4 aromatic rings. The van der Waals surface area contributed by atoms with Crippen LogP contribution in [0.2, 0.25) is 10.0 Å². The second kappa shape index (κ2) is 7.75. The van der Waals surface area contributed by atoms with Crippen molar-refractivity contribution in [3.05, 3.63) is 68.1 Å². The Morgan fingerprint density at radius 2 is 1.93 bits per heavy atom. The summed E-state index contributed by atoms with van der Waals surface area (Å²) in [4.78, 5) is 36.3. The van der Waals surface area contributed by atoms with E-state index in [1.165, 1.54) is 10.9 Å². The van der Waals surface area contributed by atoms with Gasteiger partial charge >= 0.3 is 0 Å². The third-order valence-electron chi connectivity index (χ3n) is 4.40. The molecule has 30 heavy (non-hydrogen) atoms. The smallest absolute Gasteiger partial charge is 0.277 e. The fourth-order valence-corrected chi connectivity index (χ4v) is 3.67. The van der Waals surface area contributed by atoms with Gasteiger partial charge in [0, 0.05) is 4.47 Å². The number of nitrogens with two attached hydrogens (primary N) is 1. The van der Waals surface area contributed by atoms with Crippen molar-refractivity contribution in [1.29, 1.82) is 0 Å². The average Bonchev–Trinajstić information content (AvgIpc) is 3.28. The third-order valence-corrected chi connectivity index (χ3v) is 5.62. The Balaban J connectivity index is 1.77. The summed E-state index contributed by atoms with van der Waals surface area (Å²) in [5.41, 5.74) is 7.91. The van der Waals surface area contributed by atoms with Gasteiger partial charge in [0.15, 0.2) is 5.69 Å². The number of fused-ring (bicyclic) bond motifs is 1. The molecule has 0 fully saturated rings. The minimum absolute atomic E-state index is 0.0137. The van der Waals surface area contributed by atoms with Gasteiger partial charge in [0.2, 0.25) is 5.95 Å². The number of H-pyrrole nitrogens is 1. The van der Waals surface area contributed by atoms with Crippen LogP contribution in [0.3, 0.4) is 0 Å². The number of aromatic amines is 1. The van der Waals surface area contributed by atoms with Crippen LogP contribution in [0.1, 0.15) is 26.5 Å². The lowest BCUT2D eigenvalue weighted by Crippen LogP contribution is -2.23. The highest BCUT2D eigenvalue weighted by atomic mass is 79.9. The maximum atomic E-state index is 13.1. The predicted octanol–water partition coefficient (Wildman–Crippen LogP) is 4.48.